The number of methoxy groups -OCH3 is 2. The molecule has 2 aliphatic heterocycles. The van der Waals surface area contributed by atoms with Crippen molar-refractivity contribution in [2.24, 2.45) is 25.4 Å². The van der Waals surface area contributed by atoms with Crippen molar-refractivity contribution in [3.63, 3.8) is 0 Å². The first kappa shape index (κ1) is 41.3. The molecular weight excluding hydrogens is 860 g/mol. The lowest BCUT2D eigenvalue weighted by Crippen LogP contribution is -2.49. The van der Waals surface area contributed by atoms with Gasteiger partial charge in [0.15, 0.2) is 11.5 Å². The van der Waals surface area contributed by atoms with Crippen LogP contribution in [0.3, 0.4) is 0 Å². The van der Waals surface area contributed by atoms with E-state index in [1.54, 1.807) is 74.3 Å². The molecule has 0 spiro atoms. The molecule has 6 heterocycles. The summed E-state index contributed by atoms with van der Waals surface area (Å²) in [6.07, 6.45) is 1.91. The lowest BCUT2D eigenvalue weighted by atomic mass is 9.56. The standard InChI is InChI=1S/C46H43ClN8O8S/c1-22-16-24(8-10-34(22)56)39-26-12-15-53-44(60)52(14-13-29-42(58)50(4)33-21-36(63-7)35(62-6)19-30(33)48-29)45(61)55(53)32(26)18-28-41(57)54(43(59)46(28,39)3)38-20-31(49-51(38)5)40-23(2)27-17-25(47)9-11-37(27)64-40/h8-12,16-17,19-21,28,32,39,56H,13-15,18H2,1-7H3/t28-,32+,39-,46+/m0/s1. The van der Waals surface area contributed by atoms with Crippen molar-refractivity contribution in [3.05, 3.63) is 125 Å². The molecule has 18 heteroatoms. The van der Waals surface area contributed by atoms with E-state index >= 15 is 9.59 Å². The summed E-state index contributed by atoms with van der Waals surface area (Å²) in [5, 5.41) is 17.0. The first-order valence-electron chi connectivity index (χ1n) is 20.7. The number of phenolic OH excluding ortho intramolecular Hbond substituents is 1. The number of aromatic hydroxyl groups is 1. The lowest BCUT2D eigenvalue weighted by molar-refractivity contribution is -0.129. The van der Waals surface area contributed by atoms with Gasteiger partial charge in [-0.05, 0) is 79.1 Å². The van der Waals surface area contributed by atoms with Crippen LogP contribution in [0.25, 0.3) is 31.7 Å². The van der Waals surface area contributed by atoms with Crippen LogP contribution in [0.1, 0.15) is 47.7 Å². The van der Waals surface area contributed by atoms with Crippen molar-refractivity contribution in [2.75, 3.05) is 19.1 Å². The van der Waals surface area contributed by atoms with E-state index in [9.17, 15) is 19.5 Å². The number of rotatable bonds is 8. The van der Waals surface area contributed by atoms with Gasteiger partial charge < -0.3 is 19.1 Å². The molecule has 1 saturated carbocycles. The van der Waals surface area contributed by atoms with Gasteiger partial charge in [0.25, 0.3) is 5.56 Å². The number of amides is 2. The second kappa shape index (κ2) is 14.7. The molecule has 0 radical (unpaired) electrons. The van der Waals surface area contributed by atoms with Crippen LogP contribution in [0.5, 0.6) is 17.2 Å². The molecule has 10 rings (SSSR count). The summed E-state index contributed by atoms with van der Waals surface area (Å²) in [5.41, 5.74) is 1.78. The van der Waals surface area contributed by atoms with Crippen molar-refractivity contribution < 1.29 is 24.2 Å². The average molecular weight is 903 g/mol. The summed E-state index contributed by atoms with van der Waals surface area (Å²) in [6, 6.07) is 15.1. The summed E-state index contributed by atoms with van der Waals surface area (Å²) >= 11 is 7.89. The molecule has 1 aliphatic carbocycles. The Labute approximate surface area is 373 Å². The number of imide groups is 1. The number of aryl methyl sites for hydroxylation is 5. The van der Waals surface area contributed by atoms with Gasteiger partial charge in [0.2, 0.25) is 11.8 Å². The summed E-state index contributed by atoms with van der Waals surface area (Å²) in [5.74, 6) is -1.27. The Kier molecular flexibility index (Phi) is 9.47. The number of carbonyl (C=O) groups excluding carboxylic acids is 2. The molecule has 1 N–H and O–H groups in total. The number of phenols is 1. The first-order chi connectivity index (χ1) is 30.6. The molecule has 3 aromatic carbocycles. The maximum Gasteiger partial charge on any atom is 0.347 e. The number of benzene rings is 3. The molecular formula is C46H43ClN8O8S. The van der Waals surface area contributed by atoms with Crippen molar-refractivity contribution in [3.8, 4) is 27.8 Å². The zero-order valence-corrected chi connectivity index (χ0v) is 37.6. The van der Waals surface area contributed by atoms with E-state index in [1.807, 2.05) is 37.3 Å². The van der Waals surface area contributed by atoms with Gasteiger partial charge in [-0.3, -0.25) is 19.1 Å². The fourth-order valence-corrected chi connectivity index (χ4v) is 11.6. The van der Waals surface area contributed by atoms with Crippen LogP contribution < -0.4 is 31.3 Å². The van der Waals surface area contributed by atoms with Crippen LogP contribution in [0.4, 0.5) is 5.82 Å². The summed E-state index contributed by atoms with van der Waals surface area (Å²) < 4.78 is 18.7. The number of thiophene rings is 1. The van der Waals surface area contributed by atoms with Crippen LogP contribution in [-0.4, -0.2) is 64.4 Å². The number of fused-ring (bicyclic) bond motifs is 6. The Morgan fingerprint density at radius 1 is 0.953 bits per heavy atom. The Morgan fingerprint density at radius 2 is 1.70 bits per heavy atom. The zero-order chi connectivity index (χ0) is 45.3. The van der Waals surface area contributed by atoms with Crippen molar-refractivity contribution in [1.82, 2.24) is 33.3 Å². The average Bonchev–Trinajstić information content (AvgIpc) is 3.95. The van der Waals surface area contributed by atoms with Crippen molar-refractivity contribution >= 4 is 61.7 Å². The quantitative estimate of drug-likeness (QED) is 0.145. The number of allylic oxidation sites excluding steroid dienone is 2. The minimum Gasteiger partial charge on any atom is -0.508 e. The van der Waals surface area contributed by atoms with Gasteiger partial charge >= 0.3 is 11.4 Å². The third-order valence-electron chi connectivity index (χ3n) is 13.6. The summed E-state index contributed by atoms with van der Waals surface area (Å²) in [4.78, 5) is 79.3. The molecule has 2 amide bonds. The Morgan fingerprint density at radius 3 is 2.44 bits per heavy atom. The number of aromatic nitrogens is 7. The Hall–Kier alpha value is -6.72. The number of hydrogen-bond donors (Lipinski definition) is 1. The molecule has 4 atom stereocenters. The van der Waals surface area contributed by atoms with Crippen molar-refractivity contribution in [2.45, 2.75) is 58.7 Å². The minimum absolute atomic E-state index is 0.0233. The second-order valence-corrected chi connectivity index (χ2v) is 18.5. The number of carbonyl (C=O) groups is 2. The highest BCUT2D eigenvalue weighted by atomic mass is 35.5. The second-order valence-electron chi connectivity index (χ2n) is 17.0. The third kappa shape index (κ3) is 5.82. The predicted octanol–water partition coefficient (Wildman–Crippen LogP) is 5.77. The fraction of sp³-hybridized carbons (Fsp3) is 0.326. The third-order valence-corrected chi connectivity index (χ3v) is 15.1. The van der Waals surface area contributed by atoms with Crippen LogP contribution in [0.2, 0.25) is 5.02 Å². The number of anilines is 1. The molecule has 1 saturated heterocycles. The molecule has 4 aromatic heterocycles. The monoisotopic (exact) mass is 902 g/mol. The maximum atomic E-state index is 15.2. The maximum absolute atomic E-state index is 15.2. The molecule has 3 aliphatic rings. The summed E-state index contributed by atoms with van der Waals surface area (Å²) in [6.45, 7) is 5.44. The highest BCUT2D eigenvalue weighted by molar-refractivity contribution is 7.22. The van der Waals surface area contributed by atoms with Gasteiger partial charge in [0.1, 0.15) is 23.0 Å². The van der Waals surface area contributed by atoms with Crippen LogP contribution >= 0.6 is 22.9 Å². The normalized spacial score (nSPS) is 20.5. The van der Waals surface area contributed by atoms with Crippen LogP contribution in [0, 0.1) is 25.2 Å². The summed E-state index contributed by atoms with van der Waals surface area (Å²) in [7, 11) is 6.31. The Bertz CT molecular complexity index is 3410. The van der Waals surface area contributed by atoms with E-state index in [-0.39, 0.29) is 37.4 Å². The van der Waals surface area contributed by atoms with E-state index in [4.69, 9.17) is 26.2 Å². The molecule has 0 bridgehead atoms. The van der Waals surface area contributed by atoms with E-state index in [2.05, 4.69) is 4.98 Å². The van der Waals surface area contributed by atoms with Gasteiger partial charge in [-0.2, -0.15) is 5.10 Å². The van der Waals surface area contributed by atoms with E-state index in [1.165, 1.54) is 33.1 Å². The number of nitrogens with zero attached hydrogens (tertiary/aromatic N) is 8. The minimum atomic E-state index is -1.33. The molecule has 328 valence electrons. The highest BCUT2D eigenvalue weighted by Gasteiger charge is 2.66. The zero-order valence-electron chi connectivity index (χ0n) is 36.0. The van der Waals surface area contributed by atoms with Gasteiger partial charge in [-0.15, -0.1) is 11.3 Å². The highest BCUT2D eigenvalue weighted by Crippen LogP contribution is 2.61. The molecule has 16 nitrogen and oxygen atoms in total. The van der Waals surface area contributed by atoms with E-state index < -0.39 is 52.0 Å². The molecule has 64 heavy (non-hydrogen) atoms. The predicted molar refractivity (Wildman–Crippen MR) is 242 cm³/mol. The van der Waals surface area contributed by atoms with Crippen LogP contribution in [-0.2, 0) is 43.2 Å². The van der Waals surface area contributed by atoms with Gasteiger partial charge in [0, 0.05) is 60.9 Å². The van der Waals surface area contributed by atoms with E-state index in [0.29, 0.717) is 55.8 Å². The Balaban J connectivity index is 1.04. The van der Waals surface area contributed by atoms with Gasteiger partial charge in [-0.1, -0.05) is 29.8 Å². The number of hydrogen-bond acceptors (Lipinski definition) is 11. The topological polar surface area (TPSA) is 178 Å². The fourth-order valence-electron chi connectivity index (χ4n) is 10.3. The largest absolute Gasteiger partial charge is 0.508 e. The van der Waals surface area contributed by atoms with Crippen molar-refractivity contribution in [1.29, 1.82) is 0 Å². The smallest absolute Gasteiger partial charge is 0.347 e. The molecule has 2 fully saturated rings. The number of ether oxygens (including phenoxy) is 2. The number of halogens is 1. The van der Waals surface area contributed by atoms with E-state index in [0.717, 1.165) is 25.1 Å². The lowest BCUT2D eigenvalue weighted by Gasteiger charge is -2.47. The first-order valence-corrected chi connectivity index (χ1v) is 21.9. The SMILES string of the molecule is COc1cc2nc(CCn3c(=O)n4n(c3=O)[C@@H]3C[C@H]5C(=O)N(c6cc(-c7sc8ccc(Cl)cc8c7C)nn6C)C(=O)[C@@]5(C)[C@@H](c5ccc(O)c(C)c5)C3=CC4)c(=O)n(C)c2cc1OC. The van der Waals surface area contributed by atoms with Crippen LogP contribution in [0.15, 0.2) is 80.6 Å². The van der Waals surface area contributed by atoms with Gasteiger partial charge in [-0.25, -0.2) is 33.4 Å². The van der Waals surface area contributed by atoms with Gasteiger partial charge in [0.05, 0.1) is 54.0 Å². The molecule has 0 unspecified atom stereocenters. The molecule has 7 aromatic rings.